The van der Waals surface area contributed by atoms with Crippen molar-refractivity contribution in [3.8, 4) is 9.88 Å². The van der Waals surface area contributed by atoms with E-state index in [-0.39, 0.29) is 5.54 Å². The molecule has 0 aromatic carbocycles. The summed E-state index contributed by atoms with van der Waals surface area (Å²) in [6.45, 7) is 7.59. The lowest BCUT2D eigenvalue weighted by atomic mass is 10.1. The number of aryl methyl sites for hydroxylation is 1. The molecular weight excluding hydrogens is 262 g/mol. The minimum atomic E-state index is 0.198. The van der Waals surface area contributed by atoms with Crippen LogP contribution >= 0.6 is 22.7 Å². The molecule has 18 heavy (non-hydrogen) atoms. The van der Waals surface area contributed by atoms with Crippen molar-refractivity contribution in [3.63, 3.8) is 0 Å². The minimum Gasteiger partial charge on any atom is -0.312 e. The Hall–Kier alpha value is -0.780. The second-order valence-electron chi connectivity index (χ2n) is 5.26. The van der Waals surface area contributed by atoms with E-state index in [0.717, 1.165) is 29.4 Å². The van der Waals surface area contributed by atoms with Gasteiger partial charge in [-0.2, -0.15) is 0 Å². The summed E-state index contributed by atoms with van der Waals surface area (Å²) in [5, 5.41) is 16.2. The van der Waals surface area contributed by atoms with Gasteiger partial charge in [0.05, 0.1) is 4.88 Å². The average molecular weight is 281 g/mol. The Morgan fingerprint density at radius 1 is 1.28 bits per heavy atom. The highest BCUT2D eigenvalue weighted by Gasteiger charge is 2.09. The van der Waals surface area contributed by atoms with Gasteiger partial charge in [-0.15, -0.1) is 21.5 Å². The number of aromatic nitrogens is 2. The van der Waals surface area contributed by atoms with Gasteiger partial charge in [-0.3, -0.25) is 0 Å². The third-order valence-corrected chi connectivity index (χ3v) is 4.44. The van der Waals surface area contributed by atoms with Gasteiger partial charge in [0.1, 0.15) is 5.01 Å². The Kier molecular flexibility index (Phi) is 4.48. The SMILES string of the molecule is CC(C)(C)NCCCc1nnc(-c2cccs2)s1. The molecule has 2 aromatic heterocycles. The highest BCUT2D eigenvalue weighted by atomic mass is 32.1. The molecule has 0 fully saturated rings. The number of nitrogens with zero attached hydrogens (tertiary/aromatic N) is 2. The van der Waals surface area contributed by atoms with E-state index in [9.17, 15) is 0 Å². The van der Waals surface area contributed by atoms with Crippen molar-refractivity contribution in [2.75, 3.05) is 6.54 Å². The normalized spacial score (nSPS) is 11.9. The molecule has 1 N–H and O–H groups in total. The van der Waals surface area contributed by atoms with Crippen LogP contribution in [0.4, 0.5) is 0 Å². The van der Waals surface area contributed by atoms with Crippen LogP contribution in [0.3, 0.4) is 0 Å². The second-order valence-corrected chi connectivity index (χ2v) is 7.27. The summed E-state index contributed by atoms with van der Waals surface area (Å²) < 4.78 is 0. The van der Waals surface area contributed by atoms with Crippen LogP contribution in [0.15, 0.2) is 17.5 Å². The maximum absolute atomic E-state index is 4.25. The number of nitrogens with one attached hydrogen (secondary N) is 1. The van der Waals surface area contributed by atoms with Gasteiger partial charge in [0, 0.05) is 12.0 Å². The molecule has 2 aromatic rings. The van der Waals surface area contributed by atoms with Crippen molar-refractivity contribution in [1.82, 2.24) is 15.5 Å². The van der Waals surface area contributed by atoms with Crippen molar-refractivity contribution in [3.05, 3.63) is 22.5 Å². The summed E-state index contributed by atoms with van der Waals surface area (Å²) in [6, 6.07) is 4.14. The maximum atomic E-state index is 4.25. The summed E-state index contributed by atoms with van der Waals surface area (Å²) in [7, 11) is 0. The van der Waals surface area contributed by atoms with Crippen LogP contribution in [-0.4, -0.2) is 22.3 Å². The van der Waals surface area contributed by atoms with Gasteiger partial charge < -0.3 is 5.32 Å². The van der Waals surface area contributed by atoms with Crippen LogP contribution in [0.5, 0.6) is 0 Å². The molecule has 0 radical (unpaired) electrons. The molecular formula is C13H19N3S2. The largest absolute Gasteiger partial charge is 0.312 e. The summed E-state index contributed by atoms with van der Waals surface area (Å²) >= 11 is 3.43. The number of rotatable bonds is 5. The maximum Gasteiger partial charge on any atom is 0.157 e. The number of thiophene rings is 1. The Labute approximate surface area is 116 Å². The molecule has 0 saturated carbocycles. The van der Waals surface area contributed by atoms with Gasteiger partial charge in [-0.25, -0.2) is 0 Å². The van der Waals surface area contributed by atoms with E-state index < -0.39 is 0 Å². The van der Waals surface area contributed by atoms with Gasteiger partial charge in [0.25, 0.3) is 0 Å². The minimum absolute atomic E-state index is 0.198. The lowest BCUT2D eigenvalue weighted by Crippen LogP contribution is -2.36. The second kappa shape index (κ2) is 5.91. The Morgan fingerprint density at radius 3 is 2.78 bits per heavy atom. The van der Waals surface area contributed by atoms with Crippen LogP contribution in [0.25, 0.3) is 9.88 Å². The van der Waals surface area contributed by atoms with Crippen molar-refractivity contribution >= 4 is 22.7 Å². The van der Waals surface area contributed by atoms with Crippen molar-refractivity contribution in [2.45, 2.75) is 39.2 Å². The first kappa shape index (κ1) is 13.6. The van der Waals surface area contributed by atoms with Crippen LogP contribution in [0.2, 0.25) is 0 Å². The molecule has 3 nitrogen and oxygen atoms in total. The van der Waals surface area contributed by atoms with Gasteiger partial charge in [0.2, 0.25) is 0 Å². The Morgan fingerprint density at radius 2 is 2.11 bits per heavy atom. The Bertz CT molecular complexity index is 469. The molecule has 0 spiro atoms. The fourth-order valence-corrected chi connectivity index (χ4v) is 3.23. The van der Waals surface area contributed by atoms with E-state index in [4.69, 9.17) is 0 Å². The van der Waals surface area contributed by atoms with Gasteiger partial charge in [-0.05, 0) is 45.2 Å². The first-order chi connectivity index (χ1) is 8.54. The third kappa shape index (κ3) is 4.15. The van der Waals surface area contributed by atoms with E-state index in [2.05, 4.69) is 47.7 Å². The summed E-state index contributed by atoms with van der Waals surface area (Å²) in [4.78, 5) is 1.21. The molecule has 0 aliphatic heterocycles. The lowest BCUT2D eigenvalue weighted by Gasteiger charge is -2.20. The van der Waals surface area contributed by atoms with E-state index in [1.165, 1.54) is 4.88 Å². The third-order valence-electron chi connectivity index (χ3n) is 2.42. The van der Waals surface area contributed by atoms with Crippen LogP contribution in [0.1, 0.15) is 32.2 Å². The first-order valence-corrected chi connectivity index (χ1v) is 7.85. The smallest absolute Gasteiger partial charge is 0.157 e. The summed E-state index contributed by atoms with van der Waals surface area (Å²) in [6.07, 6.45) is 2.11. The molecule has 0 aliphatic carbocycles. The molecule has 2 heterocycles. The van der Waals surface area contributed by atoms with Gasteiger partial charge in [0.15, 0.2) is 5.01 Å². The molecule has 98 valence electrons. The molecule has 2 rings (SSSR count). The van der Waals surface area contributed by atoms with E-state index in [1.807, 2.05) is 6.07 Å². The van der Waals surface area contributed by atoms with E-state index in [1.54, 1.807) is 22.7 Å². The predicted octanol–water partition coefficient (Wildman–Crippen LogP) is 3.59. The molecule has 0 amide bonds. The summed E-state index contributed by atoms with van der Waals surface area (Å²) in [5.41, 5.74) is 0.198. The zero-order valence-electron chi connectivity index (χ0n) is 11.1. The fraction of sp³-hybridized carbons (Fsp3) is 0.538. The van der Waals surface area contributed by atoms with Crippen molar-refractivity contribution < 1.29 is 0 Å². The van der Waals surface area contributed by atoms with Crippen LogP contribution in [-0.2, 0) is 6.42 Å². The van der Waals surface area contributed by atoms with Gasteiger partial charge in [-0.1, -0.05) is 17.4 Å². The van der Waals surface area contributed by atoms with E-state index in [0.29, 0.717) is 0 Å². The summed E-state index contributed by atoms with van der Waals surface area (Å²) in [5.74, 6) is 0. The molecule has 0 atom stereocenters. The molecule has 5 heteroatoms. The quantitative estimate of drug-likeness (QED) is 0.851. The predicted molar refractivity (Wildman–Crippen MR) is 79.3 cm³/mol. The van der Waals surface area contributed by atoms with Crippen molar-refractivity contribution in [1.29, 1.82) is 0 Å². The standard InChI is InChI=1S/C13H19N3S2/c1-13(2,3)14-8-4-7-11-15-16-12(18-11)10-6-5-9-17-10/h5-6,9,14H,4,7-8H2,1-3H3. The topological polar surface area (TPSA) is 37.8 Å². The van der Waals surface area contributed by atoms with Gasteiger partial charge >= 0.3 is 0 Å². The highest BCUT2D eigenvalue weighted by molar-refractivity contribution is 7.20. The molecule has 0 bridgehead atoms. The van der Waals surface area contributed by atoms with E-state index >= 15 is 0 Å². The monoisotopic (exact) mass is 281 g/mol. The zero-order valence-corrected chi connectivity index (χ0v) is 12.7. The number of hydrogen-bond acceptors (Lipinski definition) is 5. The van der Waals surface area contributed by atoms with Crippen LogP contribution < -0.4 is 5.32 Å². The number of hydrogen-bond donors (Lipinski definition) is 1. The lowest BCUT2D eigenvalue weighted by molar-refractivity contribution is 0.422. The highest BCUT2D eigenvalue weighted by Crippen LogP contribution is 2.27. The van der Waals surface area contributed by atoms with Crippen molar-refractivity contribution in [2.24, 2.45) is 0 Å². The zero-order chi connectivity index (χ0) is 13.0. The Balaban J connectivity index is 1.81. The molecule has 0 aliphatic rings. The first-order valence-electron chi connectivity index (χ1n) is 6.16. The molecule has 0 saturated heterocycles. The molecule has 0 unspecified atom stereocenters. The van der Waals surface area contributed by atoms with Crippen LogP contribution in [0, 0.1) is 0 Å². The fourth-order valence-electron chi connectivity index (χ4n) is 1.56. The average Bonchev–Trinajstić information content (AvgIpc) is 2.93.